The Morgan fingerprint density at radius 3 is 2.24 bits per heavy atom. The Balaban J connectivity index is 1.60. The van der Waals surface area contributed by atoms with E-state index < -0.39 is 0 Å². The highest BCUT2D eigenvalue weighted by Crippen LogP contribution is 2.40. The number of morpholine rings is 1. The lowest BCUT2D eigenvalue weighted by Gasteiger charge is -2.36. The van der Waals surface area contributed by atoms with Gasteiger partial charge >= 0.3 is 7.12 Å². The summed E-state index contributed by atoms with van der Waals surface area (Å²) in [6.07, 6.45) is 5.75. The summed E-state index contributed by atoms with van der Waals surface area (Å²) in [5.41, 5.74) is 0.859. The summed E-state index contributed by atoms with van der Waals surface area (Å²) >= 11 is 0. The minimum absolute atomic E-state index is 0.152. The summed E-state index contributed by atoms with van der Waals surface area (Å²) in [4.78, 5) is 2.57. The lowest BCUT2D eigenvalue weighted by Crippen LogP contribution is -2.44. The van der Waals surface area contributed by atoms with Crippen LogP contribution < -0.4 is 0 Å². The first kappa shape index (κ1) is 15.5. The van der Waals surface area contributed by atoms with Crippen molar-refractivity contribution in [2.24, 2.45) is 0 Å². The topological polar surface area (TPSA) is 30.9 Å². The normalized spacial score (nSPS) is 33.0. The fraction of sp³-hybridized carbons (Fsp3) is 0.875. The van der Waals surface area contributed by atoms with E-state index in [9.17, 15) is 0 Å². The lowest BCUT2D eigenvalue weighted by molar-refractivity contribution is 0.00578. The van der Waals surface area contributed by atoms with Crippen LogP contribution in [0.1, 0.15) is 47.0 Å². The van der Waals surface area contributed by atoms with Crippen molar-refractivity contribution in [3.8, 4) is 0 Å². The lowest BCUT2D eigenvalue weighted by atomic mass is 9.71. The van der Waals surface area contributed by atoms with E-state index in [1.807, 2.05) is 0 Å². The van der Waals surface area contributed by atoms with Gasteiger partial charge in [-0.25, -0.2) is 0 Å². The zero-order valence-corrected chi connectivity index (χ0v) is 13.9. The van der Waals surface area contributed by atoms with Crippen molar-refractivity contribution in [1.29, 1.82) is 0 Å². The van der Waals surface area contributed by atoms with E-state index in [1.54, 1.807) is 0 Å². The van der Waals surface area contributed by atoms with Crippen LogP contribution in [-0.4, -0.2) is 55.6 Å². The molecule has 3 aliphatic rings. The van der Waals surface area contributed by atoms with Gasteiger partial charge in [-0.2, -0.15) is 0 Å². The van der Waals surface area contributed by atoms with E-state index >= 15 is 0 Å². The van der Waals surface area contributed by atoms with E-state index in [0.717, 1.165) is 39.1 Å². The Labute approximate surface area is 128 Å². The van der Waals surface area contributed by atoms with Gasteiger partial charge in [-0.15, -0.1) is 0 Å². The first-order valence-corrected chi connectivity index (χ1v) is 8.25. The molecule has 3 rings (SSSR count). The van der Waals surface area contributed by atoms with E-state index in [4.69, 9.17) is 14.0 Å². The molecule has 1 unspecified atom stereocenters. The molecule has 0 N–H and O–H groups in total. The van der Waals surface area contributed by atoms with Crippen molar-refractivity contribution in [2.45, 2.75) is 64.2 Å². The number of nitrogens with zero attached hydrogens (tertiary/aromatic N) is 1. The van der Waals surface area contributed by atoms with Gasteiger partial charge in [-0.1, -0.05) is 6.08 Å². The van der Waals surface area contributed by atoms with Crippen LogP contribution in [0.4, 0.5) is 0 Å². The first-order chi connectivity index (χ1) is 9.89. The van der Waals surface area contributed by atoms with Gasteiger partial charge in [-0.3, -0.25) is 4.90 Å². The summed E-state index contributed by atoms with van der Waals surface area (Å²) < 4.78 is 17.8. The Kier molecular flexibility index (Phi) is 4.21. The van der Waals surface area contributed by atoms with Crippen molar-refractivity contribution >= 4 is 7.12 Å². The van der Waals surface area contributed by atoms with Crippen molar-refractivity contribution in [3.05, 3.63) is 11.5 Å². The molecule has 1 aliphatic carbocycles. The molecule has 2 fully saturated rings. The average Bonchev–Trinajstić information content (AvgIpc) is 2.69. The predicted molar refractivity (Wildman–Crippen MR) is 84.2 cm³/mol. The molecule has 0 amide bonds. The Morgan fingerprint density at radius 2 is 1.71 bits per heavy atom. The molecule has 0 saturated carbocycles. The Hall–Kier alpha value is -0.355. The minimum atomic E-state index is -0.237. The van der Waals surface area contributed by atoms with E-state index in [-0.39, 0.29) is 18.3 Å². The van der Waals surface area contributed by atoms with Crippen LogP contribution >= 0.6 is 0 Å². The number of rotatable bonds is 2. The Bertz CT molecular complexity index is 400. The van der Waals surface area contributed by atoms with Crippen LogP contribution in [0.25, 0.3) is 0 Å². The summed E-state index contributed by atoms with van der Waals surface area (Å²) in [7, 11) is -0.152. The number of hydrogen-bond acceptors (Lipinski definition) is 4. The zero-order chi connectivity index (χ0) is 15.1. The van der Waals surface area contributed by atoms with Gasteiger partial charge in [0.05, 0.1) is 24.4 Å². The van der Waals surface area contributed by atoms with Gasteiger partial charge in [0, 0.05) is 19.1 Å². The van der Waals surface area contributed by atoms with Crippen LogP contribution in [0.3, 0.4) is 0 Å². The maximum Gasteiger partial charge on any atom is 0.490 e. The molecule has 1 atom stereocenters. The third-order valence-electron chi connectivity index (χ3n) is 5.54. The minimum Gasteiger partial charge on any atom is -0.400 e. The summed E-state index contributed by atoms with van der Waals surface area (Å²) in [6.45, 7) is 12.4. The van der Waals surface area contributed by atoms with Crippen molar-refractivity contribution in [3.63, 3.8) is 0 Å². The summed E-state index contributed by atoms with van der Waals surface area (Å²) in [5, 5.41) is 0. The van der Waals surface area contributed by atoms with Crippen LogP contribution in [0, 0.1) is 0 Å². The molecule has 5 heteroatoms. The van der Waals surface area contributed by atoms with Crippen LogP contribution in [0.15, 0.2) is 11.5 Å². The number of allylic oxidation sites excluding steroid dienone is 1. The molecule has 4 nitrogen and oxygen atoms in total. The molecule has 2 heterocycles. The molecule has 2 aliphatic heterocycles. The molecule has 0 radical (unpaired) electrons. The Morgan fingerprint density at radius 1 is 1.10 bits per heavy atom. The van der Waals surface area contributed by atoms with Crippen molar-refractivity contribution < 1.29 is 14.0 Å². The second-order valence-corrected chi connectivity index (χ2v) is 7.44. The van der Waals surface area contributed by atoms with Crippen LogP contribution in [0.5, 0.6) is 0 Å². The molecule has 0 spiro atoms. The van der Waals surface area contributed by atoms with Gasteiger partial charge in [0.2, 0.25) is 0 Å². The second-order valence-electron chi connectivity index (χ2n) is 7.44. The summed E-state index contributed by atoms with van der Waals surface area (Å²) in [5.74, 6) is 0. The average molecular weight is 293 g/mol. The van der Waals surface area contributed by atoms with E-state index in [0.29, 0.717) is 6.04 Å². The zero-order valence-electron chi connectivity index (χ0n) is 13.9. The van der Waals surface area contributed by atoms with Crippen LogP contribution in [0.2, 0.25) is 0 Å². The largest absolute Gasteiger partial charge is 0.490 e. The molecule has 118 valence electrons. The van der Waals surface area contributed by atoms with Crippen molar-refractivity contribution in [2.75, 3.05) is 26.3 Å². The van der Waals surface area contributed by atoms with E-state index in [2.05, 4.69) is 38.7 Å². The number of hydrogen-bond donors (Lipinski definition) is 0. The smallest absolute Gasteiger partial charge is 0.400 e. The maximum atomic E-state index is 6.16. The highest BCUT2D eigenvalue weighted by atomic mass is 16.7. The monoisotopic (exact) mass is 293 g/mol. The fourth-order valence-corrected chi connectivity index (χ4v) is 3.32. The molecular weight excluding hydrogens is 265 g/mol. The SMILES string of the molecule is CC1(C)OB(C2=CCC(N3CCOCC3)CC2)OC1(C)C. The van der Waals surface area contributed by atoms with E-state index in [1.165, 1.54) is 11.9 Å². The molecule has 0 aromatic rings. The number of ether oxygens (including phenoxy) is 1. The fourth-order valence-electron chi connectivity index (χ4n) is 3.32. The van der Waals surface area contributed by atoms with Gasteiger partial charge in [0.1, 0.15) is 0 Å². The molecule has 0 aromatic carbocycles. The van der Waals surface area contributed by atoms with Gasteiger partial charge in [0.25, 0.3) is 0 Å². The van der Waals surface area contributed by atoms with Gasteiger partial charge in [0.15, 0.2) is 0 Å². The molecule has 0 aromatic heterocycles. The summed E-state index contributed by atoms with van der Waals surface area (Å²) in [6, 6.07) is 0.667. The van der Waals surface area contributed by atoms with Gasteiger partial charge < -0.3 is 14.0 Å². The molecule has 21 heavy (non-hydrogen) atoms. The highest BCUT2D eigenvalue weighted by molar-refractivity contribution is 6.54. The standard InChI is InChI=1S/C16H28BNO3/c1-15(2)16(3,4)21-17(20-15)13-5-7-14(8-6-13)18-9-11-19-12-10-18/h5,14H,6-12H2,1-4H3. The molecule has 0 bridgehead atoms. The second kappa shape index (κ2) is 5.69. The third-order valence-corrected chi connectivity index (χ3v) is 5.54. The maximum absolute atomic E-state index is 6.16. The molecule has 2 saturated heterocycles. The first-order valence-electron chi connectivity index (χ1n) is 8.25. The predicted octanol–water partition coefficient (Wildman–Crippen LogP) is 2.43. The quantitative estimate of drug-likeness (QED) is 0.732. The van der Waals surface area contributed by atoms with Gasteiger partial charge in [-0.05, 0) is 52.4 Å². The van der Waals surface area contributed by atoms with Crippen LogP contribution in [-0.2, 0) is 14.0 Å². The molecular formula is C16H28BNO3. The highest BCUT2D eigenvalue weighted by Gasteiger charge is 2.52. The third kappa shape index (κ3) is 3.07. The van der Waals surface area contributed by atoms with Crippen molar-refractivity contribution in [1.82, 2.24) is 4.90 Å².